The van der Waals surface area contributed by atoms with E-state index >= 15 is 0 Å². The summed E-state index contributed by atoms with van der Waals surface area (Å²) in [6.45, 7) is 4.47. The molecule has 0 aliphatic heterocycles. The second-order valence-electron chi connectivity index (χ2n) is 2.82. The maximum absolute atomic E-state index is 2.31. The van der Waals surface area contributed by atoms with Crippen LogP contribution in [0, 0.1) is 0 Å². The van der Waals surface area contributed by atoms with E-state index in [1.165, 1.54) is 8.69 Å². The monoisotopic (exact) mass is 324 g/mol. The average Bonchev–Trinajstić information content (AvgIpc) is 1.88. The van der Waals surface area contributed by atoms with Gasteiger partial charge in [0.2, 0.25) is 0 Å². The molecule has 0 saturated heterocycles. The standard InChI is InChI=1S/C9H11.Tl/c1-8(2)9-6-4-3-5-7-9;/h3-4,6-8H,1-2H3;. The van der Waals surface area contributed by atoms with Crippen LogP contribution in [0.5, 0.6) is 0 Å². The molecule has 0 aliphatic rings. The molecule has 0 radical (unpaired) electrons. The molecule has 1 aromatic rings. The molecule has 0 amide bonds. The number of benzene rings is 1. The van der Waals surface area contributed by atoms with E-state index < -0.39 is 0 Å². The van der Waals surface area contributed by atoms with Crippen LogP contribution in [0.3, 0.4) is 0 Å². The first-order chi connectivity index (χ1) is 4.70. The zero-order valence-corrected chi connectivity index (χ0v) is 11.0. The first-order valence-corrected chi connectivity index (χ1v) is 5.80. The van der Waals surface area contributed by atoms with Crippen molar-refractivity contribution in [1.29, 1.82) is 0 Å². The molecule has 1 rings (SSSR count). The van der Waals surface area contributed by atoms with Crippen LogP contribution < -0.4 is 3.12 Å². The minimum atomic E-state index is 0.679. The Morgan fingerprint density at radius 1 is 1.30 bits per heavy atom. The third-order valence-electron chi connectivity index (χ3n) is 1.58. The molecule has 0 atom stereocenters. The molecule has 0 spiro atoms. The minimum absolute atomic E-state index is 0.679. The van der Waals surface area contributed by atoms with Gasteiger partial charge in [-0.1, -0.05) is 0 Å². The molecular formula is C9H11Tl. The summed E-state index contributed by atoms with van der Waals surface area (Å²) in [5.41, 5.74) is 1.47. The predicted molar refractivity (Wildman–Crippen MR) is 45.9 cm³/mol. The molecule has 0 aromatic heterocycles. The summed E-state index contributed by atoms with van der Waals surface area (Å²) >= 11 is 0.976. The summed E-state index contributed by atoms with van der Waals surface area (Å²) in [6, 6.07) is 8.88. The Balaban J connectivity index is 2.96. The summed E-state index contributed by atoms with van der Waals surface area (Å²) < 4.78 is 1.52. The molecular weight excluding hydrogens is 312 g/mol. The summed E-state index contributed by atoms with van der Waals surface area (Å²) in [6.07, 6.45) is 0. The van der Waals surface area contributed by atoms with Gasteiger partial charge in [-0.05, 0) is 0 Å². The van der Waals surface area contributed by atoms with Gasteiger partial charge in [0.15, 0.2) is 0 Å². The Morgan fingerprint density at radius 3 is 2.40 bits per heavy atom. The van der Waals surface area contributed by atoms with E-state index in [9.17, 15) is 0 Å². The Labute approximate surface area is 78.3 Å². The van der Waals surface area contributed by atoms with Crippen molar-refractivity contribution in [3.8, 4) is 0 Å². The van der Waals surface area contributed by atoms with Gasteiger partial charge in [-0.15, -0.1) is 0 Å². The molecule has 0 aliphatic carbocycles. The molecule has 0 unspecified atom stereocenters. The molecule has 0 N–H and O–H groups in total. The molecule has 50 valence electrons. The van der Waals surface area contributed by atoms with Gasteiger partial charge in [0.1, 0.15) is 0 Å². The van der Waals surface area contributed by atoms with E-state index in [1.54, 1.807) is 0 Å². The van der Waals surface area contributed by atoms with Gasteiger partial charge in [0.25, 0.3) is 0 Å². The van der Waals surface area contributed by atoms with Crippen molar-refractivity contribution in [1.82, 2.24) is 0 Å². The van der Waals surface area contributed by atoms with Gasteiger partial charge >= 0.3 is 78.5 Å². The Morgan fingerprint density at radius 2 is 2.00 bits per heavy atom. The fraction of sp³-hybridized carbons (Fsp3) is 0.333. The van der Waals surface area contributed by atoms with Crippen LogP contribution in [-0.4, -0.2) is 25.8 Å². The topological polar surface area (TPSA) is 0 Å². The van der Waals surface area contributed by atoms with Crippen LogP contribution in [0.15, 0.2) is 24.3 Å². The van der Waals surface area contributed by atoms with Crippen LogP contribution in [0.2, 0.25) is 0 Å². The quantitative estimate of drug-likeness (QED) is 0.689. The molecule has 0 saturated carbocycles. The van der Waals surface area contributed by atoms with Gasteiger partial charge in [-0.25, -0.2) is 0 Å². The van der Waals surface area contributed by atoms with Gasteiger partial charge < -0.3 is 0 Å². The molecule has 1 heteroatoms. The summed E-state index contributed by atoms with van der Waals surface area (Å²) in [7, 11) is 0. The summed E-state index contributed by atoms with van der Waals surface area (Å²) in [4.78, 5) is 0. The first kappa shape index (κ1) is 8.24. The van der Waals surface area contributed by atoms with Crippen molar-refractivity contribution in [3.05, 3.63) is 29.8 Å². The second-order valence-corrected chi connectivity index (χ2v) is 5.42. The Kier molecular flexibility index (Phi) is 2.89. The average molecular weight is 324 g/mol. The molecule has 0 fully saturated rings. The van der Waals surface area contributed by atoms with Crippen LogP contribution in [0.4, 0.5) is 0 Å². The molecule has 1 aromatic carbocycles. The number of hydrogen-bond acceptors (Lipinski definition) is 0. The van der Waals surface area contributed by atoms with Crippen molar-refractivity contribution in [2.45, 2.75) is 19.8 Å². The summed E-state index contributed by atoms with van der Waals surface area (Å²) in [5, 5.41) is 0. The van der Waals surface area contributed by atoms with Crippen molar-refractivity contribution < 1.29 is 0 Å². The van der Waals surface area contributed by atoms with Crippen LogP contribution in [0.25, 0.3) is 0 Å². The zero-order chi connectivity index (χ0) is 7.56. The van der Waals surface area contributed by atoms with Crippen LogP contribution in [0.1, 0.15) is 25.3 Å². The van der Waals surface area contributed by atoms with Gasteiger partial charge in [-0.3, -0.25) is 0 Å². The Bertz CT molecular complexity index is 216. The normalized spacial score (nSPS) is 10.2. The van der Waals surface area contributed by atoms with E-state index in [-0.39, 0.29) is 0 Å². The third-order valence-corrected chi connectivity index (χ3v) is 2.97. The Hall–Kier alpha value is 0.142. The number of rotatable bonds is 1. The third kappa shape index (κ3) is 2.08. The van der Waals surface area contributed by atoms with E-state index in [0.717, 1.165) is 25.8 Å². The van der Waals surface area contributed by atoms with Crippen LogP contribution in [-0.2, 0) is 0 Å². The fourth-order valence-corrected chi connectivity index (χ4v) is 2.10. The van der Waals surface area contributed by atoms with E-state index in [2.05, 4.69) is 38.1 Å². The van der Waals surface area contributed by atoms with E-state index in [4.69, 9.17) is 0 Å². The molecule has 0 nitrogen and oxygen atoms in total. The fourth-order valence-electron chi connectivity index (χ4n) is 0.918. The van der Waals surface area contributed by atoms with Crippen molar-refractivity contribution in [3.63, 3.8) is 0 Å². The molecule has 0 bridgehead atoms. The van der Waals surface area contributed by atoms with Crippen LogP contribution >= 0.6 is 0 Å². The van der Waals surface area contributed by atoms with Crippen molar-refractivity contribution in [2.24, 2.45) is 0 Å². The van der Waals surface area contributed by atoms with E-state index in [1.807, 2.05) is 0 Å². The van der Waals surface area contributed by atoms with Gasteiger partial charge in [-0.2, -0.15) is 0 Å². The van der Waals surface area contributed by atoms with Gasteiger partial charge in [0, 0.05) is 0 Å². The van der Waals surface area contributed by atoms with Crippen molar-refractivity contribution in [2.75, 3.05) is 0 Å². The zero-order valence-electron chi connectivity index (χ0n) is 6.46. The molecule has 0 heterocycles. The second kappa shape index (κ2) is 3.51. The number of hydrogen-bond donors (Lipinski definition) is 0. The summed E-state index contributed by atoms with van der Waals surface area (Å²) in [5.74, 6) is 0.679. The molecule has 10 heavy (non-hydrogen) atoms. The SMILES string of the molecule is CC(C)c1ccc[c]([Tl])c1. The maximum atomic E-state index is 2.31. The van der Waals surface area contributed by atoms with Crippen molar-refractivity contribution >= 4 is 28.9 Å². The van der Waals surface area contributed by atoms with E-state index in [0.29, 0.717) is 5.92 Å². The predicted octanol–water partition coefficient (Wildman–Crippen LogP) is 1.60. The van der Waals surface area contributed by atoms with Gasteiger partial charge in [0.05, 0.1) is 0 Å². The first-order valence-electron chi connectivity index (χ1n) is 3.55.